The van der Waals surface area contributed by atoms with Crippen LogP contribution in [0.1, 0.15) is 34.9 Å². The number of carbonyl (C=O) groups excluding carboxylic acids is 1. The summed E-state index contributed by atoms with van der Waals surface area (Å²) in [7, 11) is 0. The van der Waals surface area contributed by atoms with Crippen LogP contribution in [0, 0.1) is 0 Å². The number of phenols is 1. The minimum atomic E-state index is -0.266. The zero-order valence-corrected chi connectivity index (χ0v) is 13.3. The van der Waals surface area contributed by atoms with E-state index in [-0.39, 0.29) is 23.9 Å². The lowest BCUT2D eigenvalue weighted by Gasteiger charge is -2.39. The van der Waals surface area contributed by atoms with Gasteiger partial charge in [-0.05, 0) is 42.7 Å². The van der Waals surface area contributed by atoms with E-state index in [2.05, 4.69) is 5.32 Å². The molecule has 2 aromatic rings. The topological polar surface area (TPSA) is 61.8 Å². The number of benzene rings is 2. The van der Waals surface area contributed by atoms with Gasteiger partial charge in [0.05, 0.1) is 11.7 Å². The van der Waals surface area contributed by atoms with Crippen molar-refractivity contribution in [3.8, 4) is 5.75 Å². The van der Waals surface area contributed by atoms with Crippen molar-refractivity contribution in [2.24, 2.45) is 0 Å². The molecule has 2 aliphatic rings. The number of hydrogen-bond donors (Lipinski definition) is 2. The van der Waals surface area contributed by atoms with Crippen molar-refractivity contribution in [1.82, 2.24) is 4.90 Å². The molecule has 2 N–H and O–H groups in total. The first-order valence-corrected chi connectivity index (χ1v) is 8.29. The maximum absolute atomic E-state index is 13.0. The lowest BCUT2D eigenvalue weighted by molar-refractivity contribution is 0.0427. The van der Waals surface area contributed by atoms with Gasteiger partial charge >= 0.3 is 0 Å². The van der Waals surface area contributed by atoms with Gasteiger partial charge in [0, 0.05) is 18.8 Å². The van der Waals surface area contributed by atoms with Gasteiger partial charge < -0.3 is 20.1 Å². The highest BCUT2D eigenvalue weighted by molar-refractivity contribution is 6.01. The van der Waals surface area contributed by atoms with Crippen LogP contribution in [0.3, 0.4) is 0 Å². The second kappa shape index (κ2) is 6.17. The van der Waals surface area contributed by atoms with Crippen molar-refractivity contribution in [3.05, 3.63) is 59.7 Å². The smallest absolute Gasteiger partial charge is 0.257 e. The summed E-state index contributed by atoms with van der Waals surface area (Å²) in [6.45, 7) is 1.33. The molecule has 124 valence electrons. The third kappa shape index (κ3) is 2.71. The average molecular weight is 324 g/mol. The Morgan fingerprint density at radius 2 is 1.96 bits per heavy atom. The number of carbonyl (C=O) groups is 1. The van der Waals surface area contributed by atoms with Gasteiger partial charge in [-0.1, -0.05) is 24.3 Å². The number of phenolic OH excluding ortho intramolecular Hbond substituents is 1. The van der Waals surface area contributed by atoms with Crippen LogP contribution >= 0.6 is 0 Å². The van der Waals surface area contributed by atoms with Gasteiger partial charge in [0.1, 0.15) is 11.9 Å². The van der Waals surface area contributed by atoms with E-state index in [1.165, 1.54) is 0 Å². The summed E-state index contributed by atoms with van der Waals surface area (Å²) in [5.74, 6) is 0.227. The van der Waals surface area contributed by atoms with Gasteiger partial charge in [0.25, 0.3) is 5.91 Å². The van der Waals surface area contributed by atoms with Gasteiger partial charge in [0.2, 0.25) is 0 Å². The largest absolute Gasteiger partial charge is 0.508 e. The van der Waals surface area contributed by atoms with Crippen LogP contribution < -0.4 is 5.32 Å². The van der Waals surface area contributed by atoms with Crippen LogP contribution in [0.5, 0.6) is 5.75 Å². The maximum Gasteiger partial charge on any atom is 0.257 e. The molecule has 2 atom stereocenters. The molecule has 2 aliphatic heterocycles. The molecule has 4 rings (SSSR count). The Labute approximate surface area is 140 Å². The maximum atomic E-state index is 13.0. The number of rotatable bonds is 3. The Morgan fingerprint density at radius 3 is 2.71 bits per heavy atom. The molecule has 0 unspecified atom stereocenters. The summed E-state index contributed by atoms with van der Waals surface area (Å²) < 4.78 is 5.73. The Kier molecular flexibility index (Phi) is 3.86. The Bertz CT molecular complexity index is 739. The molecule has 0 aliphatic carbocycles. The van der Waals surface area contributed by atoms with E-state index in [9.17, 15) is 9.90 Å². The standard InChI is InChI=1S/C19H20N2O3/c22-14-9-7-13(8-10-14)18-20-17-6-2-1-5-16(17)19(23)21(18)12-15-4-3-11-24-15/h1-2,5-10,15,18,20,22H,3-4,11-12H2/t15-,18-/m1/s1. The molecular formula is C19H20N2O3. The van der Waals surface area contributed by atoms with Crippen LogP contribution in [-0.2, 0) is 4.74 Å². The van der Waals surface area contributed by atoms with Gasteiger partial charge in [-0.25, -0.2) is 0 Å². The van der Waals surface area contributed by atoms with Gasteiger partial charge in [-0.2, -0.15) is 0 Å². The molecule has 1 amide bonds. The molecule has 0 bridgehead atoms. The fourth-order valence-electron chi connectivity index (χ4n) is 3.41. The Morgan fingerprint density at radius 1 is 1.17 bits per heavy atom. The Balaban J connectivity index is 1.70. The number of fused-ring (bicyclic) bond motifs is 1. The first-order valence-electron chi connectivity index (χ1n) is 8.29. The number of nitrogens with zero attached hydrogens (tertiary/aromatic N) is 1. The number of para-hydroxylation sites is 1. The highest BCUT2D eigenvalue weighted by Crippen LogP contribution is 2.34. The van der Waals surface area contributed by atoms with Crippen LogP contribution in [0.15, 0.2) is 48.5 Å². The summed E-state index contributed by atoms with van der Waals surface area (Å²) in [6.07, 6.45) is 1.84. The van der Waals surface area contributed by atoms with Crippen molar-refractivity contribution < 1.29 is 14.6 Å². The summed E-state index contributed by atoms with van der Waals surface area (Å²) in [5, 5.41) is 13.0. The van der Waals surface area contributed by atoms with Gasteiger partial charge in [0.15, 0.2) is 0 Å². The molecular weight excluding hydrogens is 304 g/mol. The van der Waals surface area contributed by atoms with E-state index in [4.69, 9.17) is 4.74 Å². The van der Waals surface area contributed by atoms with Crippen LogP contribution in [0.2, 0.25) is 0 Å². The predicted molar refractivity (Wildman–Crippen MR) is 90.9 cm³/mol. The predicted octanol–water partition coefficient (Wildman–Crippen LogP) is 3.14. The minimum Gasteiger partial charge on any atom is -0.508 e. The molecule has 1 fully saturated rings. The molecule has 0 aromatic heterocycles. The molecule has 5 nitrogen and oxygen atoms in total. The average Bonchev–Trinajstić information content (AvgIpc) is 3.11. The number of amides is 1. The third-order valence-electron chi connectivity index (χ3n) is 4.66. The van der Waals surface area contributed by atoms with Crippen LogP contribution in [-0.4, -0.2) is 35.2 Å². The fourth-order valence-corrected chi connectivity index (χ4v) is 3.41. The van der Waals surface area contributed by atoms with E-state index < -0.39 is 0 Å². The van der Waals surface area contributed by atoms with Crippen molar-refractivity contribution >= 4 is 11.6 Å². The molecule has 1 saturated heterocycles. The Hall–Kier alpha value is -2.53. The second-order valence-electron chi connectivity index (χ2n) is 6.28. The first kappa shape index (κ1) is 15.0. The first-order chi connectivity index (χ1) is 11.7. The monoisotopic (exact) mass is 324 g/mol. The summed E-state index contributed by atoms with van der Waals surface area (Å²) in [5.41, 5.74) is 2.46. The van der Waals surface area contributed by atoms with Crippen molar-refractivity contribution in [1.29, 1.82) is 0 Å². The number of nitrogens with one attached hydrogen (secondary N) is 1. The number of anilines is 1. The zero-order valence-electron chi connectivity index (χ0n) is 13.3. The number of ether oxygens (including phenoxy) is 1. The van der Waals surface area contributed by atoms with Gasteiger partial charge in [-0.15, -0.1) is 0 Å². The fraction of sp³-hybridized carbons (Fsp3) is 0.316. The summed E-state index contributed by atoms with van der Waals surface area (Å²) in [6, 6.07) is 14.5. The van der Waals surface area contributed by atoms with Crippen LogP contribution in [0.4, 0.5) is 5.69 Å². The van der Waals surface area contributed by atoms with Gasteiger partial charge in [-0.3, -0.25) is 4.79 Å². The molecule has 2 heterocycles. The van der Waals surface area contributed by atoms with E-state index in [1.54, 1.807) is 12.1 Å². The highest BCUT2D eigenvalue weighted by Gasteiger charge is 2.35. The SMILES string of the molecule is O=C1c2ccccc2N[C@@H](c2ccc(O)cc2)N1C[C@H]1CCCO1. The van der Waals surface area contributed by atoms with Crippen molar-refractivity contribution in [2.75, 3.05) is 18.5 Å². The van der Waals surface area contributed by atoms with Crippen molar-refractivity contribution in [3.63, 3.8) is 0 Å². The highest BCUT2D eigenvalue weighted by atomic mass is 16.5. The quantitative estimate of drug-likeness (QED) is 0.910. The molecule has 0 spiro atoms. The van der Waals surface area contributed by atoms with E-state index in [0.717, 1.165) is 30.7 Å². The minimum absolute atomic E-state index is 0.0120. The molecule has 0 saturated carbocycles. The lowest BCUT2D eigenvalue weighted by Crippen LogP contribution is -2.46. The van der Waals surface area contributed by atoms with Crippen LogP contribution in [0.25, 0.3) is 0 Å². The van der Waals surface area contributed by atoms with E-state index in [0.29, 0.717) is 12.1 Å². The number of aromatic hydroxyl groups is 1. The summed E-state index contributed by atoms with van der Waals surface area (Å²) in [4.78, 5) is 14.9. The molecule has 24 heavy (non-hydrogen) atoms. The van der Waals surface area contributed by atoms with E-state index >= 15 is 0 Å². The molecule has 5 heteroatoms. The summed E-state index contributed by atoms with van der Waals surface area (Å²) >= 11 is 0. The lowest BCUT2D eigenvalue weighted by atomic mass is 10.0. The van der Waals surface area contributed by atoms with E-state index in [1.807, 2.05) is 41.3 Å². The van der Waals surface area contributed by atoms with Crippen molar-refractivity contribution in [2.45, 2.75) is 25.1 Å². The third-order valence-corrected chi connectivity index (χ3v) is 4.66. The number of hydrogen-bond acceptors (Lipinski definition) is 4. The zero-order chi connectivity index (χ0) is 16.5. The normalized spacial score (nSPS) is 23.0. The molecule has 2 aromatic carbocycles. The second-order valence-corrected chi connectivity index (χ2v) is 6.28. The molecule has 0 radical (unpaired) electrons.